The maximum Gasteiger partial charge on any atom is 0.143 e. The summed E-state index contributed by atoms with van der Waals surface area (Å²) in [5.41, 5.74) is 0.189. The summed E-state index contributed by atoms with van der Waals surface area (Å²) in [6.07, 6.45) is 0. The summed E-state index contributed by atoms with van der Waals surface area (Å²) < 4.78 is 27.7. The maximum atomic E-state index is 13.7. The lowest BCUT2D eigenvalue weighted by molar-refractivity contribution is 0.227. The minimum absolute atomic E-state index is 0.189. The van der Waals surface area contributed by atoms with Crippen molar-refractivity contribution in [1.29, 1.82) is 0 Å². The Labute approximate surface area is 107 Å². The van der Waals surface area contributed by atoms with Crippen molar-refractivity contribution < 1.29 is 8.78 Å². The highest BCUT2D eigenvalue weighted by Gasteiger charge is 2.17. The van der Waals surface area contributed by atoms with Crippen molar-refractivity contribution in [3.05, 3.63) is 32.9 Å². The topological polar surface area (TPSA) is 15.3 Å². The average molecular weight is 338 g/mol. The van der Waals surface area contributed by atoms with Crippen LogP contribution in [0.15, 0.2) is 12.1 Å². The molecule has 88 valence electrons. The van der Waals surface area contributed by atoms with Crippen molar-refractivity contribution in [3.63, 3.8) is 0 Å². The number of nitrogens with one attached hydrogen (secondary N) is 1. The van der Waals surface area contributed by atoms with Crippen molar-refractivity contribution in [2.24, 2.45) is 0 Å². The van der Waals surface area contributed by atoms with E-state index >= 15 is 0 Å². The molecule has 0 aliphatic carbocycles. The molecule has 0 amide bonds. The number of halogens is 3. The molecule has 5 heteroatoms. The number of piperazine rings is 1. The average Bonchev–Trinajstić information content (AvgIpc) is 2.31. The molecule has 1 aliphatic rings. The molecule has 1 heterocycles. The Bertz CT molecular complexity index is 378. The van der Waals surface area contributed by atoms with E-state index in [9.17, 15) is 8.78 Å². The predicted octanol–water partition coefficient (Wildman–Crippen LogP) is 1.97. The first-order valence-electron chi connectivity index (χ1n) is 5.24. The van der Waals surface area contributed by atoms with Crippen LogP contribution in [-0.4, -0.2) is 31.1 Å². The van der Waals surface area contributed by atoms with Crippen LogP contribution in [0.3, 0.4) is 0 Å². The Kier molecular flexibility index (Phi) is 4.10. The third-order valence-corrected chi connectivity index (χ3v) is 3.56. The molecule has 0 bridgehead atoms. The van der Waals surface area contributed by atoms with Crippen LogP contribution in [0.1, 0.15) is 5.56 Å². The Balaban J connectivity index is 2.16. The molecule has 0 aromatic heterocycles. The molecule has 2 nitrogen and oxygen atoms in total. The first-order valence-corrected chi connectivity index (χ1v) is 6.32. The molecule has 1 aromatic rings. The molecular weight excluding hydrogens is 325 g/mol. The van der Waals surface area contributed by atoms with E-state index in [1.807, 2.05) is 22.6 Å². The highest BCUT2D eigenvalue weighted by Crippen LogP contribution is 2.20. The van der Waals surface area contributed by atoms with Gasteiger partial charge in [-0.2, -0.15) is 0 Å². The molecule has 2 rings (SSSR count). The Morgan fingerprint density at radius 1 is 1.25 bits per heavy atom. The molecular formula is C11H13F2IN2. The van der Waals surface area contributed by atoms with Gasteiger partial charge in [-0.05, 0) is 34.7 Å². The van der Waals surface area contributed by atoms with E-state index < -0.39 is 11.6 Å². The zero-order valence-corrected chi connectivity index (χ0v) is 10.9. The van der Waals surface area contributed by atoms with E-state index in [1.165, 1.54) is 12.1 Å². The van der Waals surface area contributed by atoms with Crippen molar-refractivity contribution in [3.8, 4) is 0 Å². The lowest BCUT2D eigenvalue weighted by Gasteiger charge is -2.27. The molecule has 0 unspecified atom stereocenters. The fraction of sp³-hybridized carbons (Fsp3) is 0.455. The van der Waals surface area contributed by atoms with Gasteiger partial charge in [0.2, 0.25) is 0 Å². The van der Waals surface area contributed by atoms with Gasteiger partial charge in [-0.3, -0.25) is 4.90 Å². The van der Waals surface area contributed by atoms with Gasteiger partial charge in [-0.25, -0.2) is 8.78 Å². The second-order valence-corrected chi connectivity index (χ2v) is 5.01. The minimum atomic E-state index is -0.448. The zero-order valence-electron chi connectivity index (χ0n) is 8.77. The van der Waals surface area contributed by atoms with Crippen molar-refractivity contribution in [2.75, 3.05) is 26.2 Å². The quantitative estimate of drug-likeness (QED) is 0.655. The van der Waals surface area contributed by atoms with Crippen molar-refractivity contribution in [1.82, 2.24) is 10.2 Å². The van der Waals surface area contributed by atoms with Crippen molar-refractivity contribution in [2.45, 2.75) is 6.54 Å². The first-order chi connectivity index (χ1) is 7.68. The van der Waals surface area contributed by atoms with Crippen LogP contribution in [0.4, 0.5) is 8.78 Å². The van der Waals surface area contributed by atoms with Gasteiger partial charge in [0, 0.05) is 41.9 Å². The summed E-state index contributed by atoms with van der Waals surface area (Å²) >= 11 is 1.89. The Morgan fingerprint density at radius 3 is 2.62 bits per heavy atom. The zero-order chi connectivity index (χ0) is 11.5. The molecule has 1 N–H and O–H groups in total. The van der Waals surface area contributed by atoms with Gasteiger partial charge >= 0.3 is 0 Å². The molecule has 1 aromatic carbocycles. The molecule has 0 radical (unpaired) electrons. The molecule has 16 heavy (non-hydrogen) atoms. The Morgan fingerprint density at radius 2 is 1.94 bits per heavy atom. The number of hydrogen-bond donors (Lipinski definition) is 1. The third kappa shape index (κ3) is 2.70. The number of nitrogens with zero attached hydrogens (tertiary/aromatic N) is 1. The highest BCUT2D eigenvalue weighted by molar-refractivity contribution is 14.1. The van der Waals surface area contributed by atoms with Crippen LogP contribution in [0.25, 0.3) is 0 Å². The summed E-state index contributed by atoms with van der Waals surface area (Å²) in [6, 6.07) is 2.80. The first kappa shape index (κ1) is 12.2. The molecule has 1 saturated heterocycles. The van der Waals surface area contributed by atoms with Crippen LogP contribution in [0.2, 0.25) is 0 Å². The van der Waals surface area contributed by atoms with Gasteiger partial charge in [0.1, 0.15) is 11.6 Å². The number of benzene rings is 1. The second-order valence-electron chi connectivity index (χ2n) is 3.85. The summed E-state index contributed by atoms with van der Waals surface area (Å²) in [5, 5.41) is 3.21. The van der Waals surface area contributed by atoms with Gasteiger partial charge in [-0.1, -0.05) is 0 Å². The van der Waals surface area contributed by atoms with E-state index in [-0.39, 0.29) is 5.56 Å². The van der Waals surface area contributed by atoms with Gasteiger partial charge in [0.05, 0.1) is 0 Å². The van der Waals surface area contributed by atoms with Gasteiger partial charge in [0.15, 0.2) is 0 Å². The maximum absolute atomic E-state index is 13.7. The van der Waals surface area contributed by atoms with E-state index in [4.69, 9.17) is 0 Å². The molecule has 0 saturated carbocycles. The van der Waals surface area contributed by atoms with Gasteiger partial charge in [0.25, 0.3) is 0 Å². The predicted molar refractivity (Wildman–Crippen MR) is 67.2 cm³/mol. The van der Waals surface area contributed by atoms with Crippen LogP contribution >= 0.6 is 22.6 Å². The van der Waals surface area contributed by atoms with E-state index in [0.29, 0.717) is 10.1 Å². The van der Waals surface area contributed by atoms with Crippen LogP contribution in [0, 0.1) is 15.2 Å². The fourth-order valence-electron chi connectivity index (χ4n) is 1.81. The lowest BCUT2D eigenvalue weighted by Crippen LogP contribution is -2.43. The van der Waals surface area contributed by atoms with Crippen molar-refractivity contribution >= 4 is 22.6 Å². The third-order valence-electron chi connectivity index (χ3n) is 2.73. The Hall–Kier alpha value is -0.270. The normalized spacial score (nSPS) is 17.7. The van der Waals surface area contributed by atoms with Crippen LogP contribution in [0.5, 0.6) is 0 Å². The number of rotatable bonds is 2. The standard InChI is InChI=1S/C11H13F2IN2/c12-9-1-2-10(14)11(13)8(9)7-16-5-3-15-4-6-16/h1-2,15H,3-7H2. The minimum Gasteiger partial charge on any atom is -0.314 e. The van der Waals surface area contributed by atoms with Gasteiger partial charge in [-0.15, -0.1) is 0 Å². The molecule has 0 spiro atoms. The van der Waals surface area contributed by atoms with Crippen LogP contribution in [-0.2, 0) is 6.54 Å². The second kappa shape index (κ2) is 5.37. The van der Waals surface area contributed by atoms with Gasteiger partial charge < -0.3 is 5.32 Å². The summed E-state index contributed by atoms with van der Waals surface area (Å²) in [6.45, 7) is 3.80. The lowest BCUT2D eigenvalue weighted by atomic mass is 10.1. The summed E-state index contributed by atoms with van der Waals surface area (Å²) in [4.78, 5) is 2.06. The molecule has 1 aliphatic heterocycles. The largest absolute Gasteiger partial charge is 0.314 e. The van der Waals surface area contributed by atoms with Crippen LogP contribution < -0.4 is 5.32 Å². The van der Waals surface area contributed by atoms with E-state index in [1.54, 1.807) is 0 Å². The highest BCUT2D eigenvalue weighted by atomic mass is 127. The molecule has 0 atom stereocenters. The SMILES string of the molecule is Fc1ccc(I)c(F)c1CN1CCNCC1. The summed E-state index contributed by atoms with van der Waals surface area (Å²) in [5.74, 6) is -0.865. The molecule has 1 fully saturated rings. The fourth-order valence-corrected chi connectivity index (χ4v) is 2.31. The number of hydrogen-bond acceptors (Lipinski definition) is 2. The van der Waals surface area contributed by atoms with E-state index in [0.717, 1.165) is 26.2 Å². The smallest absolute Gasteiger partial charge is 0.143 e. The monoisotopic (exact) mass is 338 g/mol. The summed E-state index contributed by atoms with van der Waals surface area (Å²) in [7, 11) is 0. The van der Waals surface area contributed by atoms with E-state index in [2.05, 4.69) is 10.2 Å².